The highest BCUT2D eigenvalue weighted by Crippen LogP contribution is 2.22. The van der Waals surface area contributed by atoms with Crippen LogP contribution >= 0.6 is 0 Å². The molecule has 0 aliphatic carbocycles. The minimum absolute atomic E-state index is 0.0556. The zero-order valence-corrected chi connectivity index (χ0v) is 17.4. The molecular weight excluding hydrogens is 378 g/mol. The van der Waals surface area contributed by atoms with Gasteiger partial charge in [-0.3, -0.25) is 19.5 Å². The van der Waals surface area contributed by atoms with Crippen molar-refractivity contribution < 1.29 is 0 Å². The minimum atomic E-state index is 0.0556. The van der Waals surface area contributed by atoms with E-state index in [4.69, 9.17) is 0 Å². The van der Waals surface area contributed by atoms with Crippen molar-refractivity contribution in [2.45, 2.75) is 46.2 Å². The maximum atomic E-state index is 12.8. The molecule has 1 aliphatic heterocycles. The quantitative estimate of drug-likeness (QED) is 0.536. The third-order valence-corrected chi connectivity index (χ3v) is 5.13. The van der Waals surface area contributed by atoms with Gasteiger partial charge < -0.3 is 0 Å². The number of rotatable bonds is 8. The summed E-state index contributed by atoms with van der Waals surface area (Å²) in [6.45, 7) is 5.50. The Kier molecular flexibility index (Phi) is 5.94. The van der Waals surface area contributed by atoms with E-state index >= 15 is 0 Å². The minimum Gasteiger partial charge on any atom is -0.299 e. The molecule has 0 spiro atoms. The van der Waals surface area contributed by atoms with Crippen LogP contribution in [-0.2, 0) is 19.5 Å². The lowest BCUT2D eigenvalue weighted by atomic mass is 10.0. The summed E-state index contributed by atoms with van der Waals surface area (Å²) < 4.78 is 3.69. The molecule has 3 heterocycles. The second-order valence-corrected chi connectivity index (χ2v) is 7.35. The van der Waals surface area contributed by atoms with E-state index in [2.05, 4.69) is 40.4 Å². The van der Waals surface area contributed by atoms with Crippen LogP contribution < -0.4 is 22.2 Å². The average Bonchev–Trinajstić information content (AvgIpc) is 3.40. The first-order valence-electron chi connectivity index (χ1n) is 10.4. The Labute approximate surface area is 175 Å². The SMILES string of the molecule is CCCc1cn(CCC)c(=O)n1Cc1ccc(-c2ccccc2C2=NNNN2)nc1. The van der Waals surface area contributed by atoms with Gasteiger partial charge in [-0.25, -0.2) is 10.3 Å². The van der Waals surface area contributed by atoms with Gasteiger partial charge in [0.2, 0.25) is 0 Å². The lowest BCUT2D eigenvalue weighted by Crippen LogP contribution is -2.35. The monoisotopic (exact) mass is 405 g/mol. The van der Waals surface area contributed by atoms with Gasteiger partial charge in [0.05, 0.1) is 12.2 Å². The Balaban J connectivity index is 1.61. The van der Waals surface area contributed by atoms with Crippen molar-refractivity contribution >= 4 is 5.84 Å². The topological polar surface area (TPSA) is 88.3 Å². The Morgan fingerprint density at radius 2 is 1.87 bits per heavy atom. The highest BCUT2D eigenvalue weighted by Gasteiger charge is 2.15. The molecule has 0 amide bonds. The highest BCUT2D eigenvalue weighted by atomic mass is 16.1. The molecule has 4 rings (SSSR count). The number of benzene rings is 1. The molecule has 0 unspecified atom stereocenters. The fourth-order valence-corrected chi connectivity index (χ4v) is 3.71. The first-order valence-corrected chi connectivity index (χ1v) is 10.4. The van der Waals surface area contributed by atoms with Crippen LogP contribution in [0.5, 0.6) is 0 Å². The number of nitrogens with zero attached hydrogens (tertiary/aromatic N) is 4. The standard InChI is InChI=1S/C22H27N7O/c1-3-7-17-15-28(12-4-2)22(30)29(17)14-16-10-11-20(23-13-16)18-8-5-6-9-19(18)21-24-26-27-25-21/h5-6,8-11,13,15,26-27H,3-4,7,12,14H2,1-2H3,(H,24,25). The molecule has 3 N–H and O–H groups in total. The van der Waals surface area contributed by atoms with Crippen LogP contribution in [0.3, 0.4) is 0 Å². The summed E-state index contributed by atoms with van der Waals surface area (Å²) in [6, 6.07) is 12.0. The molecule has 0 saturated carbocycles. The summed E-state index contributed by atoms with van der Waals surface area (Å²) in [6.07, 6.45) is 6.69. The summed E-state index contributed by atoms with van der Waals surface area (Å²) >= 11 is 0. The Bertz CT molecular complexity index is 1100. The molecule has 8 heteroatoms. The summed E-state index contributed by atoms with van der Waals surface area (Å²) in [4.78, 5) is 17.5. The largest absolute Gasteiger partial charge is 0.328 e. The van der Waals surface area contributed by atoms with Crippen molar-refractivity contribution in [3.8, 4) is 11.3 Å². The molecule has 0 radical (unpaired) electrons. The fraction of sp³-hybridized carbons (Fsp3) is 0.318. The average molecular weight is 406 g/mol. The van der Waals surface area contributed by atoms with Gasteiger partial charge in [0.15, 0.2) is 5.84 Å². The number of amidine groups is 1. The molecule has 0 fully saturated rings. The van der Waals surface area contributed by atoms with Gasteiger partial charge in [0.1, 0.15) is 0 Å². The zero-order chi connectivity index (χ0) is 20.9. The number of imidazole rings is 1. The van der Waals surface area contributed by atoms with E-state index < -0.39 is 0 Å². The second-order valence-electron chi connectivity index (χ2n) is 7.35. The number of aryl methyl sites for hydroxylation is 2. The smallest absolute Gasteiger partial charge is 0.299 e. The number of nitrogens with one attached hydrogen (secondary N) is 3. The maximum absolute atomic E-state index is 12.8. The Morgan fingerprint density at radius 1 is 1.03 bits per heavy atom. The van der Waals surface area contributed by atoms with Crippen LogP contribution in [0.2, 0.25) is 0 Å². The van der Waals surface area contributed by atoms with E-state index in [1.807, 2.05) is 57.9 Å². The van der Waals surface area contributed by atoms with Gasteiger partial charge in [0.25, 0.3) is 0 Å². The normalized spacial score (nSPS) is 13.1. The van der Waals surface area contributed by atoms with Crippen molar-refractivity contribution in [3.05, 3.63) is 76.1 Å². The second kappa shape index (κ2) is 8.96. The molecule has 3 aromatic rings. The number of hydrogen-bond acceptors (Lipinski definition) is 6. The Morgan fingerprint density at radius 3 is 2.53 bits per heavy atom. The van der Waals surface area contributed by atoms with E-state index in [1.165, 1.54) is 0 Å². The summed E-state index contributed by atoms with van der Waals surface area (Å²) in [5, 5.41) is 4.20. The number of hydrazone groups is 1. The molecule has 156 valence electrons. The van der Waals surface area contributed by atoms with E-state index in [0.717, 1.165) is 53.9 Å². The molecule has 8 nitrogen and oxygen atoms in total. The molecule has 0 atom stereocenters. The third-order valence-electron chi connectivity index (χ3n) is 5.13. The number of hydrogen-bond donors (Lipinski definition) is 3. The van der Waals surface area contributed by atoms with Crippen molar-refractivity contribution in [2.75, 3.05) is 0 Å². The maximum Gasteiger partial charge on any atom is 0.328 e. The molecule has 1 aromatic carbocycles. The lowest BCUT2D eigenvalue weighted by molar-refractivity contribution is 0.577. The van der Waals surface area contributed by atoms with Gasteiger partial charge in [-0.2, -0.15) is 0 Å². The van der Waals surface area contributed by atoms with Gasteiger partial charge in [-0.15, -0.1) is 10.6 Å². The summed E-state index contributed by atoms with van der Waals surface area (Å²) in [7, 11) is 0. The van der Waals surface area contributed by atoms with Gasteiger partial charge in [-0.1, -0.05) is 50.6 Å². The summed E-state index contributed by atoms with van der Waals surface area (Å²) in [5.74, 6) is 0.713. The van der Waals surface area contributed by atoms with Crippen LogP contribution in [0, 0.1) is 0 Å². The van der Waals surface area contributed by atoms with E-state index in [1.54, 1.807) is 0 Å². The summed E-state index contributed by atoms with van der Waals surface area (Å²) in [5.41, 5.74) is 13.4. The highest BCUT2D eigenvalue weighted by molar-refractivity contribution is 6.04. The molecule has 0 saturated heterocycles. The van der Waals surface area contributed by atoms with Gasteiger partial charge in [0, 0.05) is 35.8 Å². The van der Waals surface area contributed by atoms with E-state index in [0.29, 0.717) is 12.4 Å². The molecule has 2 aromatic heterocycles. The fourth-order valence-electron chi connectivity index (χ4n) is 3.71. The first kappa shape index (κ1) is 19.9. The van der Waals surface area contributed by atoms with E-state index in [-0.39, 0.29) is 5.69 Å². The lowest BCUT2D eigenvalue weighted by Gasteiger charge is -2.10. The predicted molar refractivity (Wildman–Crippen MR) is 118 cm³/mol. The third kappa shape index (κ3) is 3.99. The zero-order valence-electron chi connectivity index (χ0n) is 17.4. The molecule has 30 heavy (non-hydrogen) atoms. The van der Waals surface area contributed by atoms with Crippen LogP contribution in [-0.4, -0.2) is 20.0 Å². The number of pyridine rings is 1. The first-order chi connectivity index (χ1) is 14.7. The number of hydrazine groups is 2. The van der Waals surface area contributed by atoms with Crippen LogP contribution in [0.4, 0.5) is 0 Å². The van der Waals surface area contributed by atoms with Crippen LogP contribution in [0.1, 0.15) is 43.5 Å². The number of aromatic nitrogens is 3. The van der Waals surface area contributed by atoms with Crippen molar-refractivity contribution in [2.24, 2.45) is 5.10 Å². The molecule has 0 bridgehead atoms. The molecular formula is C22H27N7O. The van der Waals surface area contributed by atoms with Crippen molar-refractivity contribution in [1.29, 1.82) is 0 Å². The van der Waals surface area contributed by atoms with E-state index in [9.17, 15) is 4.79 Å². The van der Waals surface area contributed by atoms with Gasteiger partial charge in [-0.05, 0) is 24.5 Å². The predicted octanol–water partition coefficient (Wildman–Crippen LogP) is 2.40. The van der Waals surface area contributed by atoms with Crippen molar-refractivity contribution in [1.82, 2.24) is 30.6 Å². The Hall–Kier alpha value is -3.39. The van der Waals surface area contributed by atoms with Crippen molar-refractivity contribution in [3.63, 3.8) is 0 Å². The van der Waals surface area contributed by atoms with Gasteiger partial charge >= 0.3 is 5.69 Å². The van der Waals surface area contributed by atoms with Crippen LogP contribution in [0.25, 0.3) is 11.3 Å². The molecule has 1 aliphatic rings. The van der Waals surface area contributed by atoms with Crippen LogP contribution in [0.15, 0.2) is 58.7 Å².